The van der Waals surface area contributed by atoms with Crippen LogP contribution in [0, 0.1) is 0 Å². The fraction of sp³-hybridized carbons (Fsp3) is 0.250. The van der Waals surface area contributed by atoms with E-state index in [1.807, 2.05) is 69.3 Å². The van der Waals surface area contributed by atoms with Gasteiger partial charge in [-0.1, -0.05) is 50.1 Å². The molecule has 0 N–H and O–H groups in total. The molecule has 0 radical (unpaired) electrons. The first-order chi connectivity index (χ1) is 14.0. The second kappa shape index (κ2) is 8.90. The number of hydrogen-bond donors (Lipinski definition) is 0. The summed E-state index contributed by atoms with van der Waals surface area (Å²) in [6.45, 7) is 7.07. The normalized spacial score (nSPS) is 12.3. The summed E-state index contributed by atoms with van der Waals surface area (Å²) in [7, 11) is 0. The lowest BCUT2D eigenvalue weighted by atomic mass is 9.99. The van der Waals surface area contributed by atoms with E-state index < -0.39 is 11.7 Å². The molecule has 0 aliphatic rings. The highest BCUT2D eigenvalue weighted by molar-refractivity contribution is 9.10. The monoisotopic (exact) mass is 531 g/mol. The fourth-order valence-corrected chi connectivity index (χ4v) is 3.90. The summed E-state index contributed by atoms with van der Waals surface area (Å²) in [5.74, 6) is -0.0149. The van der Waals surface area contributed by atoms with Crippen molar-refractivity contribution >= 4 is 60.7 Å². The van der Waals surface area contributed by atoms with Crippen molar-refractivity contribution in [1.82, 2.24) is 4.57 Å². The number of benzene rings is 2. The van der Waals surface area contributed by atoms with Gasteiger partial charge in [-0.05, 0) is 74.7 Å². The van der Waals surface area contributed by atoms with Crippen LogP contribution in [0.3, 0.4) is 0 Å². The van der Waals surface area contributed by atoms with E-state index in [-0.39, 0.29) is 5.78 Å². The van der Waals surface area contributed by atoms with Gasteiger partial charge in [-0.3, -0.25) is 9.36 Å². The van der Waals surface area contributed by atoms with E-state index in [0.29, 0.717) is 12.0 Å². The number of allylic oxidation sites excluding steroid dienone is 1. The molecular weight excluding hydrogens is 510 g/mol. The van der Waals surface area contributed by atoms with Crippen molar-refractivity contribution < 1.29 is 14.3 Å². The van der Waals surface area contributed by atoms with Gasteiger partial charge in [0.15, 0.2) is 5.78 Å². The van der Waals surface area contributed by atoms with Crippen molar-refractivity contribution in [3.63, 3.8) is 0 Å². The molecular formula is C24H23Br2NO3. The smallest absolute Gasteiger partial charge is 0.419 e. The van der Waals surface area contributed by atoms with Gasteiger partial charge >= 0.3 is 6.09 Å². The molecule has 6 heteroatoms. The molecule has 3 rings (SSSR count). The van der Waals surface area contributed by atoms with E-state index in [9.17, 15) is 9.59 Å². The molecule has 30 heavy (non-hydrogen) atoms. The lowest BCUT2D eigenvalue weighted by Gasteiger charge is -2.19. The van der Waals surface area contributed by atoms with Crippen molar-refractivity contribution in [1.29, 1.82) is 0 Å². The molecule has 0 saturated heterocycles. The molecule has 4 nitrogen and oxygen atoms in total. The lowest BCUT2D eigenvalue weighted by Crippen LogP contribution is -2.26. The van der Waals surface area contributed by atoms with Crippen LogP contribution in [-0.2, 0) is 16.0 Å². The maximum Gasteiger partial charge on any atom is 0.419 e. The predicted octanol–water partition coefficient (Wildman–Crippen LogP) is 7.16. The first-order valence-corrected chi connectivity index (χ1v) is 11.1. The second-order valence-corrected chi connectivity index (χ2v) is 9.86. The molecule has 0 amide bonds. The Bertz CT molecular complexity index is 1150. The van der Waals surface area contributed by atoms with Crippen LogP contribution in [0.1, 0.15) is 38.8 Å². The Labute approximate surface area is 193 Å². The summed E-state index contributed by atoms with van der Waals surface area (Å²) in [5.41, 5.74) is 2.61. The third kappa shape index (κ3) is 5.29. The fourth-order valence-electron chi connectivity index (χ4n) is 3.14. The molecule has 156 valence electrons. The zero-order valence-electron chi connectivity index (χ0n) is 17.3. The summed E-state index contributed by atoms with van der Waals surface area (Å²) in [5, 5.41) is 0.898. The summed E-state index contributed by atoms with van der Waals surface area (Å²) in [6.07, 6.45) is 3.61. The van der Waals surface area contributed by atoms with Gasteiger partial charge in [-0.25, -0.2) is 4.79 Å². The van der Waals surface area contributed by atoms with Gasteiger partial charge in [0.25, 0.3) is 0 Å². The summed E-state index contributed by atoms with van der Waals surface area (Å²) in [6, 6.07) is 13.5. The largest absolute Gasteiger partial charge is 0.443 e. The average Bonchev–Trinajstić information content (AvgIpc) is 2.99. The molecule has 0 aliphatic carbocycles. The van der Waals surface area contributed by atoms with Crippen LogP contribution in [0.2, 0.25) is 0 Å². The average molecular weight is 533 g/mol. The van der Waals surface area contributed by atoms with Crippen LogP contribution < -0.4 is 0 Å². The quantitative estimate of drug-likeness (QED) is 0.335. The molecule has 1 heterocycles. The van der Waals surface area contributed by atoms with Gasteiger partial charge in [0.1, 0.15) is 5.60 Å². The molecule has 2 aromatic carbocycles. The van der Waals surface area contributed by atoms with Gasteiger partial charge in [-0.2, -0.15) is 0 Å². The van der Waals surface area contributed by atoms with Crippen molar-refractivity contribution in [2.45, 2.75) is 39.7 Å². The molecule has 0 aliphatic heterocycles. The van der Waals surface area contributed by atoms with Crippen LogP contribution in [-0.4, -0.2) is 22.0 Å². The first-order valence-electron chi connectivity index (χ1n) is 9.54. The summed E-state index contributed by atoms with van der Waals surface area (Å²) in [4.78, 5) is 25.2. The number of carbonyl (C=O) groups excluding carboxylic acids is 2. The van der Waals surface area contributed by atoms with Gasteiger partial charge in [0.05, 0.1) is 5.52 Å². The van der Waals surface area contributed by atoms with Crippen molar-refractivity contribution in [3.05, 3.63) is 74.3 Å². The standard InChI is InChI=1S/C24H23Br2NO3/c1-15(28)17(11-16-7-5-6-8-21(16)26)12-18-14-27(23(29)30-24(2,3)4)22-10-9-19(25)13-20(18)22/h5-11,13-14H,12H2,1-4H3/b17-11+. The number of ketones is 1. The van der Waals surface area contributed by atoms with Gasteiger partial charge in [0.2, 0.25) is 0 Å². The van der Waals surface area contributed by atoms with Gasteiger partial charge in [0, 0.05) is 26.9 Å². The van der Waals surface area contributed by atoms with Crippen molar-refractivity contribution in [2.24, 2.45) is 0 Å². The van der Waals surface area contributed by atoms with E-state index in [0.717, 1.165) is 31.0 Å². The molecule has 0 bridgehead atoms. The Balaban J connectivity index is 2.08. The van der Waals surface area contributed by atoms with Crippen LogP contribution in [0.25, 0.3) is 17.0 Å². The summed E-state index contributed by atoms with van der Waals surface area (Å²) < 4.78 is 8.90. The Morgan fingerprint density at radius 3 is 2.43 bits per heavy atom. The highest BCUT2D eigenvalue weighted by Crippen LogP contribution is 2.29. The van der Waals surface area contributed by atoms with Crippen LogP contribution in [0.15, 0.2) is 63.2 Å². The number of fused-ring (bicyclic) bond motifs is 1. The number of hydrogen-bond acceptors (Lipinski definition) is 3. The van der Waals surface area contributed by atoms with Crippen LogP contribution >= 0.6 is 31.9 Å². The van der Waals surface area contributed by atoms with Crippen LogP contribution in [0.5, 0.6) is 0 Å². The Morgan fingerprint density at radius 2 is 1.80 bits per heavy atom. The van der Waals surface area contributed by atoms with Gasteiger partial charge in [-0.15, -0.1) is 0 Å². The molecule has 1 aromatic heterocycles. The maximum absolute atomic E-state index is 12.8. The molecule has 0 unspecified atom stereocenters. The van der Waals surface area contributed by atoms with E-state index in [4.69, 9.17) is 4.74 Å². The highest BCUT2D eigenvalue weighted by atomic mass is 79.9. The van der Waals surface area contributed by atoms with E-state index in [2.05, 4.69) is 31.9 Å². The zero-order chi connectivity index (χ0) is 22.1. The SMILES string of the molecule is CC(=O)/C(=C/c1ccccc1Br)Cc1cn(C(=O)OC(C)(C)C)c2ccc(Br)cc12. The number of nitrogens with zero attached hydrogens (tertiary/aromatic N) is 1. The Hall–Kier alpha value is -2.18. The highest BCUT2D eigenvalue weighted by Gasteiger charge is 2.21. The third-order valence-corrected chi connectivity index (χ3v) is 5.72. The molecule has 0 spiro atoms. The lowest BCUT2D eigenvalue weighted by molar-refractivity contribution is -0.113. The second-order valence-electron chi connectivity index (χ2n) is 8.09. The van der Waals surface area contributed by atoms with Crippen molar-refractivity contribution in [3.8, 4) is 0 Å². The van der Waals surface area contributed by atoms with E-state index in [1.165, 1.54) is 4.57 Å². The predicted molar refractivity (Wildman–Crippen MR) is 128 cm³/mol. The first kappa shape index (κ1) is 22.5. The van der Waals surface area contributed by atoms with E-state index in [1.54, 1.807) is 13.1 Å². The van der Waals surface area contributed by atoms with Crippen LogP contribution in [0.4, 0.5) is 4.79 Å². The minimum atomic E-state index is -0.604. The topological polar surface area (TPSA) is 48.3 Å². The minimum absolute atomic E-state index is 0.0149. The Kier molecular flexibility index (Phi) is 6.68. The van der Waals surface area contributed by atoms with Gasteiger partial charge < -0.3 is 4.74 Å². The number of aromatic nitrogens is 1. The number of Topliss-reactive ketones (excluding diaryl/α,β-unsaturated/α-hetero) is 1. The number of ether oxygens (including phenoxy) is 1. The number of halogens is 2. The molecule has 3 aromatic rings. The molecule has 0 atom stereocenters. The summed E-state index contributed by atoms with van der Waals surface area (Å²) >= 11 is 7.04. The zero-order valence-corrected chi connectivity index (χ0v) is 20.5. The number of carbonyl (C=O) groups is 2. The molecule has 0 fully saturated rings. The molecule has 0 saturated carbocycles. The Morgan fingerprint density at radius 1 is 1.10 bits per heavy atom. The van der Waals surface area contributed by atoms with E-state index >= 15 is 0 Å². The van der Waals surface area contributed by atoms with Crippen molar-refractivity contribution in [2.75, 3.05) is 0 Å². The minimum Gasteiger partial charge on any atom is -0.443 e. The number of rotatable bonds is 4. The maximum atomic E-state index is 12.8. The third-order valence-electron chi connectivity index (χ3n) is 4.51.